The Hall–Kier alpha value is -2.21. The highest BCUT2D eigenvalue weighted by molar-refractivity contribution is 6.09. The van der Waals surface area contributed by atoms with E-state index in [2.05, 4.69) is 4.98 Å². The first kappa shape index (κ1) is 11.9. The summed E-state index contributed by atoms with van der Waals surface area (Å²) < 4.78 is 5.21. The Labute approximate surface area is 108 Å². The summed E-state index contributed by atoms with van der Waals surface area (Å²) >= 11 is 0. The number of non-ortho nitro benzene ring substituents is 1. The van der Waals surface area contributed by atoms with E-state index in [9.17, 15) is 14.9 Å². The maximum atomic E-state index is 12.3. The minimum atomic E-state index is -0.459. The van der Waals surface area contributed by atoms with E-state index in [0.29, 0.717) is 30.6 Å². The number of nitrogens with one attached hydrogen (secondary N) is 1. The molecule has 1 aliphatic heterocycles. The fraction of sp³-hybridized carbons (Fsp3) is 0.308. The van der Waals surface area contributed by atoms with Gasteiger partial charge >= 0.3 is 0 Å². The minimum absolute atomic E-state index is 0.00996. The highest BCUT2D eigenvalue weighted by Crippen LogP contribution is 2.27. The van der Waals surface area contributed by atoms with Gasteiger partial charge in [0.05, 0.1) is 11.5 Å². The average molecular weight is 260 g/mol. The van der Waals surface area contributed by atoms with E-state index in [-0.39, 0.29) is 17.4 Å². The minimum Gasteiger partial charge on any atom is -0.381 e. The lowest BCUT2D eigenvalue weighted by atomic mass is 9.96. The third-order valence-corrected chi connectivity index (χ3v) is 3.44. The molecule has 0 spiro atoms. The summed E-state index contributed by atoms with van der Waals surface area (Å²) in [7, 11) is 0. The van der Waals surface area contributed by atoms with Crippen LogP contribution in [0.2, 0.25) is 0 Å². The fourth-order valence-electron chi connectivity index (χ4n) is 2.39. The van der Waals surface area contributed by atoms with Crippen LogP contribution in [0.3, 0.4) is 0 Å². The second-order valence-electron chi connectivity index (χ2n) is 4.61. The van der Waals surface area contributed by atoms with Crippen LogP contribution in [0.5, 0.6) is 0 Å². The molecule has 1 aromatic heterocycles. The molecule has 2 heterocycles. The zero-order valence-corrected chi connectivity index (χ0v) is 10.1. The van der Waals surface area contributed by atoms with Gasteiger partial charge in [0.25, 0.3) is 5.69 Å². The van der Waals surface area contributed by atoms with Gasteiger partial charge in [-0.2, -0.15) is 0 Å². The molecule has 1 N–H and O–H groups in total. The molecule has 1 aliphatic rings. The van der Waals surface area contributed by atoms with Crippen LogP contribution in [0.25, 0.3) is 10.9 Å². The highest BCUT2D eigenvalue weighted by Gasteiger charge is 2.26. The van der Waals surface area contributed by atoms with Crippen LogP contribution >= 0.6 is 0 Å². The van der Waals surface area contributed by atoms with E-state index >= 15 is 0 Å². The van der Waals surface area contributed by atoms with Crippen LogP contribution in [0.4, 0.5) is 5.69 Å². The zero-order valence-electron chi connectivity index (χ0n) is 10.1. The second-order valence-corrected chi connectivity index (χ2v) is 4.61. The second kappa shape index (κ2) is 4.47. The number of aromatic amines is 1. The molecule has 0 aliphatic carbocycles. The van der Waals surface area contributed by atoms with E-state index in [4.69, 9.17) is 4.74 Å². The van der Waals surface area contributed by atoms with Gasteiger partial charge in [-0.15, -0.1) is 0 Å². The normalized spacial score (nSPS) is 18.8. The summed E-state index contributed by atoms with van der Waals surface area (Å²) in [6, 6.07) is 4.48. The molecular formula is C13H12N2O4. The van der Waals surface area contributed by atoms with Crippen LogP contribution in [-0.2, 0) is 4.74 Å². The van der Waals surface area contributed by atoms with Crippen molar-refractivity contribution in [1.29, 1.82) is 0 Å². The Morgan fingerprint density at radius 3 is 3.00 bits per heavy atom. The number of H-pyrrole nitrogens is 1. The molecule has 1 unspecified atom stereocenters. The number of benzene rings is 1. The predicted octanol–water partition coefficient (Wildman–Crippen LogP) is 2.30. The molecule has 1 atom stereocenters. The maximum Gasteiger partial charge on any atom is 0.270 e. The van der Waals surface area contributed by atoms with E-state index in [1.807, 2.05) is 0 Å². The van der Waals surface area contributed by atoms with Crippen LogP contribution in [-0.4, -0.2) is 28.9 Å². The molecule has 3 rings (SSSR count). The van der Waals surface area contributed by atoms with Crippen LogP contribution in [0, 0.1) is 16.0 Å². The van der Waals surface area contributed by atoms with Gasteiger partial charge in [-0.05, 0) is 12.5 Å². The number of ether oxygens (including phenoxy) is 1. The Balaban J connectivity index is 2.05. The molecule has 6 nitrogen and oxygen atoms in total. The van der Waals surface area contributed by atoms with Gasteiger partial charge in [0.2, 0.25) is 0 Å². The number of Topliss-reactive ketones (excluding diaryl/α,β-unsaturated/α-hetero) is 1. The quantitative estimate of drug-likeness (QED) is 0.521. The molecule has 0 saturated carbocycles. The third kappa shape index (κ3) is 2.00. The standard InChI is InChI=1S/C13H12N2O4/c16-13(8-3-4-19-7-8)11-6-14-12-2-1-9(15(17)18)5-10(11)12/h1-2,5-6,8,14H,3-4,7H2. The van der Waals surface area contributed by atoms with E-state index in [1.54, 1.807) is 12.3 Å². The van der Waals surface area contributed by atoms with Gasteiger partial charge in [-0.3, -0.25) is 14.9 Å². The number of rotatable bonds is 3. The van der Waals surface area contributed by atoms with Crippen molar-refractivity contribution in [1.82, 2.24) is 4.98 Å². The Morgan fingerprint density at radius 1 is 1.47 bits per heavy atom. The average Bonchev–Trinajstić information content (AvgIpc) is 3.06. The summed E-state index contributed by atoms with van der Waals surface area (Å²) in [6.07, 6.45) is 2.33. The summed E-state index contributed by atoms with van der Waals surface area (Å²) in [6.45, 7) is 1.03. The molecule has 2 aromatic rings. The number of hydrogen-bond acceptors (Lipinski definition) is 4. The van der Waals surface area contributed by atoms with Crippen molar-refractivity contribution in [2.75, 3.05) is 13.2 Å². The Bertz CT molecular complexity index is 656. The van der Waals surface area contributed by atoms with Gasteiger partial charge in [-0.1, -0.05) is 0 Å². The molecule has 0 bridgehead atoms. The van der Waals surface area contributed by atoms with Gasteiger partial charge in [-0.25, -0.2) is 0 Å². The number of nitrogens with zero attached hydrogens (tertiary/aromatic N) is 1. The summed E-state index contributed by atoms with van der Waals surface area (Å²) in [5.41, 5.74) is 1.23. The number of ketones is 1. The number of hydrogen-bond donors (Lipinski definition) is 1. The smallest absolute Gasteiger partial charge is 0.270 e. The van der Waals surface area contributed by atoms with Gasteiger partial charge in [0, 0.05) is 47.3 Å². The lowest BCUT2D eigenvalue weighted by molar-refractivity contribution is -0.384. The number of carbonyl (C=O) groups is 1. The first-order valence-corrected chi connectivity index (χ1v) is 6.04. The number of nitro groups is 1. The third-order valence-electron chi connectivity index (χ3n) is 3.44. The van der Waals surface area contributed by atoms with Crippen LogP contribution in [0.1, 0.15) is 16.8 Å². The Morgan fingerprint density at radius 2 is 2.32 bits per heavy atom. The van der Waals surface area contributed by atoms with Crippen molar-refractivity contribution < 1.29 is 14.5 Å². The monoisotopic (exact) mass is 260 g/mol. The number of nitro benzene ring substituents is 1. The first-order chi connectivity index (χ1) is 9.16. The summed E-state index contributed by atoms with van der Waals surface area (Å²) in [4.78, 5) is 25.6. The topological polar surface area (TPSA) is 85.2 Å². The number of aromatic nitrogens is 1. The van der Waals surface area contributed by atoms with Gasteiger partial charge < -0.3 is 9.72 Å². The molecule has 0 amide bonds. The number of fused-ring (bicyclic) bond motifs is 1. The van der Waals surface area contributed by atoms with Crippen LogP contribution < -0.4 is 0 Å². The molecule has 1 fully saturated rings. The molecule has 1 aromatic carbocycles. The van der Waals surface area contributed by atoms with Gasteiger partial charge in [0.15, 0.2) is 5.78 Å². The van der Waals surface area contributed by atoms with Gasteiger partial charge in [0.1, 0.15) is 0 Å². The maximum absolute atomic E-state index is 12.3. The molecule has 1 saturated heterocycles. The van der Waals surface area contributed by atoms with Crippen molar-refractivity contribution >= 4 is 22.4 Å². The van der Waals surface area contributed by atoms with Crippen molar-refractivity contribution in [2.45, 2.75) is 6.42 Å². The Kier molecular flexibility index (Phi) is 2.79. The number of carbonyl (C=O) groups excluding carboxylic acids is 1. The molecular weight excluding hydrogens is 248 g/mol. The van der Waals surface area contributed by atoms with E-state index in [0.717, 1.165) is 5.52 Å². The molecule has 0 radical (unpaired) electrons. The lowest BCUT2D eigenvalue weighted by Crippen LogP contribution is -2.14. The summed E-state index contributed by atoms with van der Waals surface area (Å²) in [5.74, 6) is -0.150. The van der Waals surface area contributed by atoms with Crippen LogP contribution in [0.15, 0.2) is 24.4 Å². The summed E-state index contributed by atoms with van der Waals surface area (Å²) in [5, 5.41) is 11.4. The molecule has 19 heavy (non-hydrogen) atoms. The van der Waals surface area contributed by atoms with Crippen molar-refractivity contribution in [3.63, 3.8) is 0 Å². The molecule has 6 heteroatoms. The van der Waals surface area contributed by atoms with Crippen molar-refractivity contribution in [3.05, 3.63) is 40.1 Å². The molecule has 98 valence electrons. The fourth-order valence-corrected chi connectivity index (χ4v) is 2.39. The first-order valence-electron chi connectivity index (χ1n) is 6.04. The SMILES string of the molecule is O=C(c1c[nH]c2ccc([N+](=O)[O-])cc12)C1CCOC1. The zero-order chi connectivity index (χ0) is 13.4. The lowest BCUT2D eigenvalue weighted by Gasteiger charge is -2.04. The van der Waals surface area contributed by atoms with Crippen molar-refractivity contribution in [2.24, 2.45) is 5.92 Å². The van der Waals surface area contributed by atoms with E-state index in [1.165, 1.54) is 12.1 Å². The highest BCUT2D eigenvalue weighted by atomic mass is 16.6. The van der Waals surface area contributed by atoms with E-state index < -0.39 is 4.92 Å². The van der Waals surface area contributed by atoms with Crippen molar-refractivity contribution in [3.8, 4) is 0 Å². The predicted molar refractivity (Wildman–Crippen MR) is 68.2 cm³/mol. The largest absolute Gasteiger partial charge is 0.381 e.